The van der Waals surface area contributed by atoms with Gasteiger partial charge in [0.2, 0.25) is 5.91 Å². The van der Waals surface area contributed by atoms with Crippen LogP contribution in [0.5, 0.6) is 0 Å². The molecule has 0 radical (unpaired) electrons. The molecule has 1 heterocycles. The van der Waals surface area contributed by atoms with Crippen molar-refractivity contribution in [3.8, 4) is 0 Å². The van der Waals surface area contributed by atoms with E-state index < -0.39 is 5.54 Å². The van der Waals surface area contributed by atoms with Gasteiger partial charge < -0.3 is 10.2 Å². The van der Waals surface area contributed by atoms with E-state index in [1.54, 1.807) is 0 Å². The van der Waals surface area contributed by atoms with Gasteiger partial charge in [-0.15, -0.1) is 0 Å². The average Bonchev–Trinajstić information content (AvgIpc) is 2.71. The van der Waals surface area contributed by atoms with Crippen molar-refractivity contribution in [1.29, 1.82) is 0 Å². The lowest BCUT2D eigenvalue weighted by molar-refractivity contribution is -0.131. The number of aryl methyl sites for hydroxylation is 1. The number of amides is 1. The molecule has 1 fully saturated rings. The van der Waals surface area contributed by atoms with Crippen LogP contribution in [0.1, 0.15) is 29.5 Å². The summed E-state index contributed by atoms with van der Waals surface area (Å²) < 4.78 is 1.03. The molecule has 0 saturated carbocycles. The van der Waals surface area contributed by atoms with E-state index in [0.717, 1.165) is 52.8 Å². The van der Waals surface area contributed by atoms with E-state index in [0.29, 0.717) is 6.54 Å². The normalized spacial score (nSPS) is 16.2. The SMILES string of the molecule is Cc1ccc(Br)c(C)c1N(Cc1ccccc1)C(=O)C1(N(C)C)CCNCC1. The highest BCUT2D eigenvalue weighted by molar-refractivity contribution is 9.10. The molecule has 0 bridgehead atoms. The summed E-state index contributed by atoms with van der Waals surface area (Å²) in [5.41, 5.74) is 3.89. The van der Waals surface area contributed by atoms with E-state index in [1.807, 2.05) is 37.2 Å². The van der Waals surface area contributed by atoms with Crippen molar-refractivity contribution in [2.75, 3.05) is 32.1 Å². The zero-order valence-electron chi connectivity index (χ0n) is 17.3. The van der Waals surface area contributed by atoms with Crippen molar-refractivity contribution >= 4 is 27.5 Å². The number of benzene rings is 2. The fourth-order valence-electron chi connectivity index (χ4n) is 4.19. The first-order valence-electron chi connectivity index (χ1n) is 9.86. The number of halogens is 1. The van der Waals surface area contributed by atoms with Gasteiger partial charge in [-0.1, -0.05) is 52.3 Å². The Balaban J connectivity index is 2.11. The predicted octanol–water partition coefficient (Wildman–Crippen LogP) is 4.28. The number of nitrogens with zero attached hydrogens (tertiary/aromatic N) is 2. The van der Waals surface area contributed by atoms with E-state index in [2.05, 4.69) is 64.3 Å². The maximum absolute atomic E-state index is 14.1. The molecule has 150 valence electrons. The van der Waals surface area contributed by atoms with Crippen LogP contribution in [0.25, 0.3) is 0 Å². The lowest BCUT2D eigenvalue weighted by Gasteiger charge is -2.45. The number of carbonyl (C=O) groups is 1. The Bertz CT molecular complexity index is 829. The zero-order chi connectivity index (χ0) is 20.3. The molecule has 3 rings (SSSR count). The number of hydrogen-bond donors (Lipinski definition) is 1. The Morgan fingerprint density at radius 1 is 1.07 bits per heavy atom. The van der Waals surface area contributed by atoms with Crippen LogP contribution < -0.4 is 10.2 Å². The molecule has 5 heteroatoms. The second-order valence-electron chi connectivity index (χ2n) is 7.89. The highest BCUT2D eigenvalue weighted by atomic mass is 79.9. The number of rotatable bonds is 5. The molecule has 0 unspecified atom stereocenters. The minimum Gasteiger partial charge on any atom is -0.317 e. The van der Waals surface area contributed by atoms with Crippen molar-refractivity contribution in [1.82, 2.24) is 10.2 Å². The molecule has 2 aromatic rings. The Kier molecular flexibility index (Phi) is 6.58. The molecule has 1 N–H and O–H groups in total. The lowest BCUT2D eigenvalue weighted by atomic mass is 9.84. The summed E-state index contributed by atoms with van der Waals surface area (Å²) in [5, 5.41) is 3.40. The summed E-state index contributed by atoms with van der Waals surface area (Å²) in [6.45, 7) is 6.47. The lowest BCUT2D eigenvalue weighted by Crippen LogP contribution is -2.61. The second kappa shape index (κ2) is 8.76. The van der Waals surface area contributed by atoms with Gasteiger partial charge in [0.25, 0.3) is 0 Å². The molecular formula is C23H30BrN3O. The minimum absolute atomic E-state index is 0.187. The van der Waals surface area contributed by atoms with Crippen molar-refractivity contribution in [3.63, 3.8) is 0 Å². The van der Waals surface area contributed by atoms with Crippen LogP contribution in [0.3, 0.4) is 0 Å². The third kappa shape index (κ3) is 4.02. The largest absolute Gasteiger partial charge is 0.317 e. The summed E-state index contributed by atoms with van der Waals surface area (Å²) in [4.78, 5) is 18.3. The summed E-state index contributed by atoms with van der Waals surface area (Å²) in [6, 6.07) is 14.4. The van der Waals surface area contributed by atoms with E-state index in [9.17, 15) is 4.79 Å². The molecule has 1 amide bonds. The molecule has 2 aromatic carbocycles. The van der Waals surface area contributed by atoms with Crippen LogP contribution >= 0.6 is 15.9 Å². The van der Waals surface area contributed by atoms with Crippen molar-refractivity contribution in [3.05, 3.63) is 63.6 Å². The zero-order valence-corrected chi connectivity index (χ0v) is 18.8. The second-order valence-corrected chi connectivity index (χ2v) is 8.75. The predicted molar refractivity (Wildman–Crippen MR) is 120 cm³/mol. The maximum Gasteiger partial charge on any atom is 0.247 e. The quantitative estimate of drug-likeness (QED) is 0.748. The molecule has 0 atom stereocenters. The van der Waals surface area contributed by atoms with Crippen molar-refractivity contribution < 1.29 is 4.79 Å². The first-order valence-corrected chi connectivity index (χ1v) is 10.7. The first-order chi connectivity index (χ1) is 13.4. The van der Waals surface area contributed by atoms with Gasteiger partial charge in [0.05, 0.1) is 12.2 Å². The fourth-order valence-corrected chi connectivity index (χ4v) is 4.51. The van der Waals surface area contributed by atoms with Gasteiger partial charge in [-0.3, -0.25) is 9.69 Å². The molecular weight excluding hydrogens is 414 g/mol. The van der Waals surface area contributed by atoms with Crippen molar-refractivity contribution in [2.45, 2.75) is 38.8 Å². The number of carbonyl (C=O) groups excluding carboxylic acids is 1. The average molecular weight is 444 g/mol. The van der Waals surface area contributed by atoms with Crippen LogP contribution in [-0.2, 0) is 11.3 Å². The maximum atomic E-state index is 14.1. The molecule has 0 aromatic heterocycles. The number of nitrogens with one attached hydrogen (secondary N) is 1. The van der Waals surface area contributed by atoms with Gasteiger partial charge in [-0.25, -0.2) is 0 Å². The van der Waals surface area contributed by atoms with Gasteiger partial charge in [-0.2, -0.15) is 0 Å². The Morgan fingerprint density at radius 2 is 1.71 bits per heavy atom. The Labute approximate surface area is 177 Å². The van der Waals surface area contributed by atoms with Crippen LogP contribution in [-0.4, -0.2) is 43.5 Å². The van der Waals surface area contributed by atoms with E-state index in [1.165, 1.54) is 0 Å². The molecule has 1 aliphatic heterocycles. The number of anilines is 1. The molecule has 28 heavy (non-hydrogen) atoms. The van der Waals surface area contributed by atoms with Gasteiger partial charge in [0.15, 0.2) is 0 Å². The topological polar surface area (TPSA) is 35.6 Å². The minimum atomic E-state index is -0.485. The van der Waals surface area contributed by atoms with Gasteiger partial charge in [-0.05, 0) is 76.6 Å². The Morgan fingerprint density at radius 3 is 2.32 bits per heavy atom. The number of piperidine rings is 1. The molecule has 1 aliphatic rings. The van der Waals surface area contributed by atoms with Crippen molar-refractivity contribution in [2.24, 2.45) is 0 Å². The smallest absolute Gasteiger partial charge is 0.247 e. The first kappa shape index (κ1) is 21.0. The fraction of sp³-hybridized carbons (Fsp3) is 0.435. The van der Waals surface area contributed by atoms with E-state index in [4.69, 9.17) is 0 Å². The highest BCUT2D eigenvalue weighted by Crippen LogP contribution is 2.36. The summed E-state index contributed by atoms with van der Waals surface area (Å²) >= 11 is 3.66. The summed E-state index contributed by atoms with van der Waals surface area (Å²) in [5.74, 6) is 0.187. The molecule has 4 nitrogen and oxygen atoms in total. The number of likely N-dealkylation sites (N-methyl/N-ethyl adjacent to an activating group) is 1. The van der Waals surface area contributed by atoms with E-state index in [-0.39, 0.29) is 5.91 Å². The third-order valence-electron chi connectivity index (χ3n) is 5.95. The number of hydrogen-bond acceptors (Lipinski definition) is 3. The van der Waals surface area contributed by atoms with Crippen LogP contribution in [0.4, 0.5) is 5.69 Å². The van der Waals surface area contributed by atoms with E-state index >= 15 is 0 Å². The molecule has 1 saturated heterocycles. The summed E-state index contributed by atoms with van der Waals surface area (Å²) in [6.07, 6.45) is 1.63. The van der Waals surface area contributed by atoms with Gasteiger partial charge in [0, 0.05) is 4.47 Å². The monoisotopic (exact) mass is 443 g/mol. The van der Waals surface area contributed by atoms with Crippen LogP contribution in [0, 0.1) is 13.8 Å². The Hall–Kier alpha value is -1.69. The van der Waals surface area contributed by atoms with Gasteiger partial charge in [0.1, 0.15) is 5.54 Å². The van der Waals surface area contributed by atoms with Gasteiger partial charge >= 0.3 is 0 Å². The van der Waals surface area contributed by atoms with Crippen LogP contribution in [0.2, 0.25) is 0 Å². The standard InChI is InChI=1S/C23H30BrN3O/c1-17-10-11-20(24)18(2)21(17)27(16-19-8-6-5-7-9-19)22(28)23(26(3)4)12-14-25-15-13-23/h5-11,25H,12-16H2,1-4H3. The molecule has 0 spiro atoms. The highest BCUT2D eigenvalue weighted by Gasteiger charge is 2.45. The summed E-state index contributed by atoms with van der Waals surface area (Å²) in [7, 11) is 4.06. The third-order valence-corrected chi connectivity index (χ3v) is 6.81. The van der Waals surface area contributed by atoms with Crippen LogP contribution in [0.15, 0.2) is 46.9 Å². The molecule has 0 aliphatic carbocycles.